The van der Waals surface area contributed by atoms with E-state index in [-0.39, 0.29) is 17.2 Å². The molecule has 0 aromatic carbocycles. The summed E-state index contributed by atoms with van der Waals surface area (Å²) < 4.78 is 0. The summed E-state index contributed by atoms with van der Waals surface area (Å²) in [5.41, 5.74) is -1.00. The van der Waals surface area contributed by atoms with E-state index in [0.29, 0.717) is 38.9 Å². The molecule has 1 atom stereocenters. The van der Waals surface area contributed by atoms with Crippen molar-refractivity contribution in [2.24, 2.45) is 5.41 Å². The molecule has 5 heteroatoms. The van der Waals surface area contributed by atoms with Crippen molar-refractivity contribution in [2.45, 2.75) is 58.5 Å². The lowest BCUT2D eigenvalue weighted by atomic mass is 9.71. The van der Waals surface area contributed by atoms with Crippen LogP contribution in [0.15, 0.2) is 0 Å². The van der Waals surface area contributed by atoms with Crippen molar-refractivity contribution in [3.8, 4) is 0 Å². The van der Waals surface area contributed by atoms with Gasteiger partial charge in [-0.1, -0.05) is 13.8 Å². The number of rotatable bonds is 4. The molecule has 0 aliphatic carbocycles. The zero-order valence-electron chi connectivity index (χ0n) is 13.5. The molecule has 5 nitrogen and oxygen atoms in total. The highest BCUT2D eigenvalue weighted by Crippen LogP contribution is 2.38. The Kier molecular flexibility index (Phi) is 4.61. The maximum absolute atomic E-state index is 12.3. The fraction of sp³-hybridized carbons (Fsp3) is 0.875. The van der Waals surface area contributed by atoms with Crippen LogP contribution in [0.4, 0.5) is 0 Å². The molecule has 2 aliphatic rings. The normalized spacial score (nSPS) is 29.0. The Balaban J connectivity index is 1.78. The van der Waals surface area contributed by atoms with Crippen molar-refractivity contribution in [3.05, 3.63) is 0 Å². The van der Waals surface area contributed by atoms with Crippen molar-refractivity contribution < 1.29 is 14.7 Å². The van der Waals surface area contributed by atoms with Crippen molar-refractivity contribution in [1.82, 2.24) is 9.80 Å². The maximum Gasteiger partial charge on any atom is 0.222 e. The van der Waals surface area contributed by atoms with E-state index < -0.39 is 5.60 Å². The molecular weight excluding hydrogens is 268 g/mol. The molecule has 2 rings (SSSR count). The van der Waals surface area contributed by atoms with Gasteiger partial charge in [0.25, 0.3) is 0 Å². The SMILES string of the molecule is CC1(C)CN(C(=O)CCCN2CCCC2=O)CC[C@@]1(C)O. The second kappa shape index (κ2) is 5.95. The van der Waals surface area contributed by atoms with Crippen LogP contribution in [-0.4, -0.2) is 58.5 Å². The van der Waals surface area contributed by atoms with E-state index in [4.69, 9.17) is 0 Å². The van der Waals surface area contributed by atoms with Gasteiger partial charge < -0.3 is 14.9 Å². The van der Waals surface area contributed by atoms with Gasteiger partial charge in [0.05, 0.1) is 5.60 Å². The van der Waals surface area contributed by atoms with Crippen LogP contribution in [0.25, 0.3) is 0 Å². The van der Waals surface area contributed by atoms with Gasteiger partial charge in [-0.05, 0) is 26.2 Å². The van der Waals surface area contributed by atoms with Crippen molar-refractivity contribution in [3.63, 3.8) is 0 Å². The van der Waals surface area contributed by atoms with Crippen LogP contribution < -0.4 is 0 Å². The summed E-state index contributed by atoms with van der Waals surface area (Å²) in [6, 6.07) is 0. The Morgan fingerprint density at radius 2 is 2.00 bits per heavy atom. The van der Waals surface area contributed by atoms with Gasteiger partial charge in [-0.25, -0.2) is 0 Å². The molecule has 0 spiro atoms. The lowest BCUT2D eigenvalue weighted by Crippen LogP contribution is -2.57. The van der Waals surface area contributed by atoms with Gasteiger partial charge in [0, 0.05) is 44.4 Å². The molecule has 2 fully saturated rings. The highest BCUT2D eigenvalue weighted by Gasteiger charge is 2.44. The molecule has 0 bridgehead atoms. The molecule has 2 amide bonds. The predicted octanol–water partition coefficient (Wildman–Crippen LogP) is 1.40. The summed E-state index contributed by atoms with van der Waals surface area (Å²) in [7, 11) is 0. The van der Waals surface area contributed by atoms with E-state index in [0.717, 1.165) is 19.4 Å². The van der Waals surface area contributed by atoms with Gasteiger partial charge in [-0.15, -0.1) is 0 Å². The van der Waals surface area contributed by atoms with Crippen molar-refractivity contribution in [2.75, 3.05) is 26.2 Å². The van der Waals surface area contributed by atoms with Gasteiger partial charge in [0.1, 0.15) is 0 Å². The first-order chi connectivity index (χ1) is 9.73. The molecule has 2 aliphatic heterocycles. The first-order valence-electron chi connectivity index (χ1n) is 8.01. The number of carbonyl (C=O) groups excluding carboxylic acids is 2. The average Bonchev–Trinajstić information content (AvgIpc) is 2.78. The van der Waals surface area contributed by atoms with Gasteiger partial charge >= 0.3 is 0 Å². The van der Waals surface area contributed by atoms with Gasteiger partial charge in [-0.2, -0.15) is 0 Å². The van der Waals surface area contributed by atoms with E-state index >= 15 is 0 Å². The summed E-state index contributed by atoms with van der Waals surface area (Å²) in [5.74, 6) is 0.364. The first kappa shape index (κ1) is 16.3. The van der Waals surface area contributed by atoms with E-state index in [9.17, 15) is 14.7 Å². The number of carbonyl (C=O) groups is 2. The minimum atomic E-state index is -0.717. The second-order valence-electron chi connectivity index (χ2n) is 7.31. The summed E-state index contributed by atoms with van der Waals surface area (Å²) in [6.07, 6.45) is 3.45. The van der Waals surface area contributed by atoms with Crippen molar-refractivity contribution in [1.29, 1.82) is 0 Å². The van der Waals surface area contributed by atoms with Gasteiger partial charge in [-0.3, -0.25) is 9.59 Å². The third kappa shape index (κ3) is 3.57. The van der Waals surface area contributed by atoms with Crippen LogP contribution in [0.1, 0.15) is 52.9 Å². The van der Waals surface area contributed by atoms with Crippen LogP contribution in [-0.2, 0) is 9.59 Å². The summed E-state index contributed by atoms with van der Waals surface area (Å²) >= 11 is 0. The molecule has 0 aromatic heterocycles. The van der Waals surface area contributed by atoms with Crippen LogP contribution >= 0.6 is 0 Å². The molecule has 0 aromatic rings. The number of amides is 2. The molecule has 0 radical (unpaired) electrons. The molecule has 0 unspecified atom stereocenters. The fourth-order valence-corrected chi connectivity index (χ4v) is 3.15. The fourth-order valence-electron chi connectivity index (χ4n) is 3.15. The van der Waals surface area contributed by atoms with E-state index in [1.165, 1.54) is 0 Å². The average molecular weight is 296 g/mol. The van der Waals surface area contributed by atoms with E-state index in [1.54, 1.807) is 0 Å². The van der Waals surface area contributed by atoms with Crippen LogP contribution in [0.3, 0.4) is 0 Å². The zero-order chi connectivity index (χ0) is 15.7. The van der Waals surface area contributed by atoms with Crippen molar-refractivity contribution >= 4 is 11.8 Å². The molecule has 1 N–H and O–H groups in total. The molecule has 21 heavy (non-hydrogen) atoms. The number of piperidine rings is 1. The minimum absolute atomic E-state index is 0.144. The number of hydrogen-bond donors (Lipinski definition) is 1. The highest BCUT2D eigenvalue weighted by molar-refractivity contribution is 5.78. The molecule has 0 saturated carbocycles. The highest BCUT2D eigenvalue weighted by atomic mass is 16.3. The lowest BCUT2D eigenvalue weighted by molar-refractivity contribution is -0.147. The molecule has 2 saturated heterocycles. The standard InChI is InChI=1S/C16H28N2O3/c1-15(2)12-18(11-8-16(15,3)21)14(20)7-5-10-17-9-4-6-13(17)19/h21H,4-12H2,1-3H3/t16-/m1/s1. The van der Waals surface area contributed by atoms with Crippen LogP contribution in [0, 0.1) is 5.41 Å². The van der Waals surface area contributed by atoms with Gasteiger partial charge in [0.2, 0.25) is 11.8 Å². The van der Waals surface area contributed by atoms with E-state index in [2.05, 4.69) is 0 Å². The molecule has 2 heterocycles. The third-order valence-corrected chi connectivity index (χ3v) is 5.26. The molecular formula is C16H28N2O3. The topological polar surface area (TPSA) is 60.9 Å². The minimum Gasteiger partial charge on any atom is -0.389 e. The Morgan fingerprint density at radius 1 is 1.29 bits per heavy atom. The number of nitrogens with zero attached hydrogens (tertiary/aromatic N) is 2. The van der Waals surface area contributed by atoms with Gasteiger partial charge in [0.15, 0.2) is 0 Å². The summed E-state index contributed by atoms with van der Waals surface area (Å²) in [5, 5.41) is 10.4. The Labute approximate surface area is 127 Å². The quantitative estimate of drug-likeness (QED) is 0.853. The monoisotopic (exact) mass is 296 g/mol. The summed E-state index contributed by atoms with van der Waals surface area (Å²) in [6.45, 7) is 8.63. The molecule has 120 valence electrons. The summed E-state index contributed by atoms with van der Waals surface area (Å²) in [4.78, 5) is 27.5. The Bertz CT molecular complexity index is 418. The number of aliphatic hydroxyl groups is 1. The first-order valence-corrected chi connectivity index (χ1v) is 8.01. The second-order valence-corrected chi connectivity index (χ2v) is 7.31. The largest absolute Gasteiger partial charge is 0.389 e. The smallest absolute Gasteiger partial charge is 0.222 e. The third-order valence-electron chi connectivity index (χ3n) is 5.26. The van der Waals surface area contributed by atoms with E-state index in [1.807, 2.05) is 30.6 Å². The Morgan fingerprint density at radius 3 is 2.57 bits per heavy atom. The number of hydrogen-bond acceptors (Lipinski definition) is 3. The Hall–Kier alpha value is -1.10. The zero-order valence-corrected chi connectivity index (χ0v) is 13.5. The van der Waals surface area contributed by atoms with Crippen LogP contribution in [0.5, 0.6) is 0 Å². The maximum atomic E-state index is 12.3. The predicted molar refractivity (Wildman–Crippen MR) is 80.6 cm³/mol. The lowest BCUT2D eigenvalue weighted by Gasteiger charge is -2.48. The van der Waals surface area contributed by atoms with Crippen LogP contribution in [0.2, 0.25) is 0 Å². The number of likely N-dealkylation sites (tertiary alicyclic amines) is 2.